The summed E-state index contributed by atoms with van der Waals surface area (Å²) < 4.78 is 0. The lowest BCUT2D eigenvalue weighted by Crippen LogP contribution is -2.60. The molecule has 3 rings (SSSR count). The number of hydrogen-bond acceptors (Lipinski definition) is 5. The first-order valence-corrected chi connectivity index (χ1v) is 7.76. The molecular formula is C13H18N2O4S. The van der Waals surface area contributed by atoms with E-state index >= 15 is 0 Å². The number of nitrogens with zero attached hydrogens (tertiary/aromatic N) is 1. The number of rotatable bonds is 3. The molecule has 3 atom stereocenters. The van der Waals surface area contributed by atoms with Gasteiger partial charge in [-0.3, -0.25) is 9.69 Å². The number of amides is 1. The molecule has 2 unspecified atom stereocenters. The molecule has 0 aromatic heterocycles. The highest BCUT2D eigenvalue weighted by atomic mass is 32.2. The largest absolute Gasteiger partial charge is 0.477 e. The second-order valence-electron chi connectivity index (χ2n) is 5.53. The molecule has 6 nitrogen and oxygen atoms in total. The summed E-state index contributed by atoms with van der Waals surface area (Å²) in [5.74, 6) is -1.57. The molecule has 7 heteroatoms. The molecule has 110 valence electrons. The van der Waals surface area contributed by atoms with Crippen molar-refractivity contribution in [3.05, 3.63) is 10.6 Å². The van der Waals surface area contributed by atoms with E-state index in [1.165, 1.54) is 16.7 Å². The minimum absolute atomic E-state index is 0.147. The molecule has 3 aliphatic heterocycles. The molecular weight excluding hydrogens is 280 g/mol. The molecule has 3 aliphatic rings. The molecule has 0 saturated carbocycles. The van der Waals surface area contributed by atoms with Gasteiger partial charge in [-0.05, 0) is 38.8 Å². The Balaban J connectivity index is 1.89. The van der Waals surface area contributed by atoms with Crippen molar-refractivity contribution in [1.29, 1.82) is 0 Å². The first-order valence-electron chi connectivity index (χ1n) is 6.88. The average molecular weight is 298 g/mol. The van der Waals surface area contributed by atoms with Crippen LogP contribution in [0, 0.1) is 11.8 Å². The number of β-lactam (4-membered cyclic amide) rings is 1. The number of hydrogen-bond donors (Lipinski definition) is 3. The van der Waals surface area contributed by atoms with Crippen molar-refractivity contribution in [3.63, 3.8) is 0 Å². The molecule has 0 aliphatic carbocycles. The van der Waals surface area contributed by atoms with Crippen LogP contribution in [0.15, 0.2) is 10.6 Å². The first kappa shape index (κ1) is 13.9. The summed E-state index contributed by atoms with van der Waals surface area (Å²) in [4.78, 5) is 25.8. The van der Waals surface area contributed by atoms with Gasteiger partial charge in [-0.15, -0.1) is 11.8 Å². The zero-order chi connectivity index (χ0) is 14.4. The van der Waals surface area contributed by atoms with Gasteiger partial charge in [0, 0.05) is 4.91 Å². The van der Waals surface area contributed by atoms with Gasteiger partial charge in [-0.2, -0.15) is 0 Å². The van der Waals surface area contributed by atoms with Crippen LogP contribution in [0.25, 0.3) is 0 Å². The van der Waals surface area contributed by atoms with Crippen LogP contribution in [0.3, 0.4) is 0 Å². The maximum Gasteiger partial charge on any atom is 0.353 e. The van der Waals surface area contributed by atoms with Crippen molar-refractivity contribution in [2.24, 2.45) is 11.8 Å². The maximum atomic E-state index is 12.1. The van der Waals surface area contributed by atoms with Gasteiger partial charge < -0.3 is 15.5 Å². The third-order valence-corrected chi connectivity index (χ3v) is 5.76. The lowest BCUT2D eigenvalue weighted by molar-refractivity contribution is -0.156. The molecule has 3 heterocycles. The summed E-state index contributed by atoms with van der Waals surface area (Å²) >= 11 is 1.46. The summed E-state index contributed by atoms with van der Waals surface area (Å²) in [6.45, 7) is 3.34. The van der Waals surface area contributed by atoms with Gasteiger partial charge in [0.2, 0.25) is 5.91 Å². The number of fused-ring (bicyclic) bond motifs is 1. The topological polar surface area (TPSA) is 89.9 Å². The lowest BCUT2D eigenvalue weighted by Gasteiger charge is -2.43. The fourth-order valence-electron chi connectivity index (χ4n) is 3.18. The van der Waals surface area contributed by atoms with E-state index in [0.717, 1.165) is 30.8 Å². The molecule has 0 bridgehead atoms. The summed E-state index contributed by atoms with van der Waals surface area (Å²) in [6.07, 6.45) is 1.05. The van der Waals surface area contributed by atoms with E-state index in [9.17, 15) is 19.8 Å². The Bertz CT molecular complexity index is 485. The second-order valence-corrected chi connectivity index (χ2v) is 6.68. The fourth-order valence-corrected chi connectivity index (χ4v) is 4.97. The van der Waals surface area contributed by atoms with E-state index in [-0.39, 0.29) is 22.9 Å². The molecule has 3 N–H and O–H groups in total. The number of aliphatic hydroxyl groups excluding tert-OH is 1. The summed E-state index contributed by atoms with van der Waals surface area (Å²) in [5.41, 5.74) is 0.147. The molecule has 0 spiro atoms. The molecule has 0 aromatic carbocycles. The van der Waals surface area contributed by atoms with Crippen molar-refractivity contribution >= 4 is 23.6 Å². The monoisotopic (exact) mass is 298 g/mol. The number of thioether (sulfide) groups is 1. The number of carboxylic acids is 1. The number of carboxylic acid groups (broad SMARTS) is 1. The molecule has 20 heavy (non-hydrogen) atoms. The number of carbonyl (C=O) groups is 2. The molecule has 2 fully saturated rings. The van der Waals surface area contributed by atoms with Crippen LogP contribution in [0.4, 0.5) is 0 Å². The van der Waals surface area contributed by atoms with Crippen LogP contribution in [-0.4, -0.2) is 51.6 Å². The van der Waals surface area contributed by atoms with E-state index < -0.39 is 18.0 Å². The minimum atomic E-state index is -1.04. The maximum absolute atomic E-state index is 12.1. The normalized spacial score (nSPS) is 32.1. The van der Waals surface area contributed by atoms with Gasteiger partial charge in [-0.1, -0.05) is 0 Å². The summed E-state index contributed by atoms with van der Waals surface area (Å²) in [5, 5.41) is 22.1. The number of carbonyl (C=O) groups excluding carboxylic acids is 1. The predicted octanol–water partition coefficient (Wildman–Crippen LogP) is 0.194. The molecule has 2 saturated heterocycles. The van der Waals surface area contributed by atoms with Gasteiger partial charge in [0.1, 0.15) is 11.1 Å². The van der Waals surface area contributed by atoms with Crippen molar-refractivity contribution in [2.75, 3.05) is 13.1 Å². The van der Waals surface area contributed by atoms with Crippen molar-refractivity contribution in [1.82, 2.24) is 10.2 Å². The van der Waals surface area contributed by atoms with Crippen molar-refractivity contribution in [3.8, 4) is 0 Å². The Labute approximate surface area is 121 Å². The number of piperidine rings is 1. The van der Waals surface area contributed by atoms with E-state index in [1.807, 2.05) is 0 Å². The van der Waals surface area contributed by atoms with Gasteiger partial charge in [0.15, 0.2) is 0 Å². The van der Waals surface area contributed by atoms with Crippen LogP contribution in [0.5, 0.6) is 0 Å². The number of aliphatic carboxylic acids is 1. The number of nitrogens with one attached hydrogen (secondary N) is 1. The van der Waals surface area contributed by atoms with Crippen LogP contribution < -0.4 is 5.32 Å². The van der Waals surface area contributed by atoms with E-state index in [2.05, 4.69) is 5.32 Å². The van der Waals surface area contributed by atoms with Crippen LogP contribution >= 0.6 is 11.8 Å². The van der Waals surface area contributed by atoms with E-state index in [4.69, 9.17) is 0 Å². The second kappa shape index (κ2) is 5.05. The zero-order valence-electron chi connectivity index (χ0n) is 11.2. The Hall–Kier alpha value is -1.05. The van der Waals surface area contributed by atoms with Crippen LogP contribution in [-0.2, 0) is 9.59 Å². The quantitative estimate of drug-likeness (QED) is 0.645. The molecule has 0 aromatic rings. The van der Waals surface area contributed by atoms with Crippen molar-refractivity contribution < 1.29 is 19.8 Å². The van der Waals surface area contributed by atoms with E-state index in [1.54, 1.807) is 6.92 Å². The number of aliphatic hydroxyl groups is 1. The van der Waals surface area contributed by atoms with Crippen LogP contribution in [0.1, 0.15) is 19.8 Å². The minimum Gasteiger partial charge on any atom is -0.477 e. The lowest BCUT2D eigenvalue weighted by atomic mass is 9.91. The Kier molecular flexibility index (Phi) is 3.51. The van der Waals surface area contributed by atoms with Gasteiger partial charge in [-0.25, -0.2) is 4.79 Å². The predicted molar refractivity (Wildman–Crippen MR) is 73.7 cm³/mol. The highest BCUT2D eigenvalue weighted by Crippen LogP contribution is 2.53. The van der Waals surface area contributed by atoms with Gasteiger partial charge >= 0.3 is 5.97 Å². The number of allylic oxidation sites excluding steroid dienone is 1. The summed E-state index contributed by atoms with van der Waals surface area (Å²) in [7, 11) is 0. The molecule has 1 amide bonds. The van der Waals surface area contributed by atoms with Crippen molar-refractivity contribution in [2.45, 2.75) is 31.2 Å². The standard InChI is InChI=1S/C13H18N2O4S/c1-6(16)8-11(17)15-9(13(18)19)10(20-12(8)15)7-2-4-14-5-3-7/h6-8,12,14,16H,2-5H2,1H3,(H,18,19)/t6?,8?,12-/m0/s1. The first-order chi connectivity index (χ1) is 9.52. The van der Waals surface area contributed by atoms with Gasteiger partial charge in [0.05, 0.1) is 12.0 Å². The smallest absolute Gasteiger partial charge is 0.353 e. The summed E-state index contributed by atoms with van der Waals surface area (Å²) in [6, 6.07) is 0. The highest BCUT2D eigenvalue weighted by Gasteiger charge is 2.58. The average Bonchev–Trinajstić information content (AvgIpc) is 2.74. The van der Waals surface area contributed by atoms with Gasteiger partial charge in [0.25, 0.3) is 0 Å². The van der Waals surface area contributed by atoms with E-state index in [0.29, 0.717) is 0 Å². The fraction of sp³-hybridized carbons (Fsp3) is 0.692. The Morgan fingerprint density at radius 2 is 2.10 bits per heavy atom. The Morgan fingerprint density at radius 3 is 2.65 bits per heavy atom. The third-order valence-electron chi connectivity index (χ3n) is 4.24. The van der Waals surface area contributed by atoms with Crippen LogP contribution in [0.2, 0.25) is 0 Å². The molecule has 0 radical (unpaired) electrons. The highest BCUT2D eigenvalue weighted by molar-refractivity contribution is 8.04. The third kappa shape index (κ3) is 1.96. The Morgan fingerprint density at radius 1 is 1.45 bits per heavy atom. The SMILES string of the molecule is CC(O)C1C(=O)N2C(C(=O)O)=C(C3CCNCC3)S[C@@H]12. The zero-order valence-corrected chi connectivity index (χ0v) is 12.0.